The Hall–Kier alpha value is -1.69. The maximum Gasteiger partial charge on any atom is 0.274 e. The fourth-order valence-corrected chi connectivity index (χ4v) is 2.34. The molecule has 0 aromatic carbocycles. The Labute approximate surface area is 116 Å². The highest BCUT2D eigenvalue weighted by atomic mass is 32.1. The molecule has 0 saturated carbocycles. The Morgan fingerprint density at radius 3 is 2.79 bits per heavy atom. The van der Waals surface area contributed by atoms with Crippen LogP contribution in [0, 0.1) is 6.92 Å². The fraction of sp³-hybridized carbons (Fsp3) is 0.462. The number of rotatable bonds is 4. The lowest BCUT2D eigenvalue weighted by atomic mass is 10.1. The second-order valence-electron chi connectivity index (χ2n) is 4.88. The number of amides is 1. The van der Waals surface area contributed by atoms with Gasteiger partial charge in [0.15, 0.2) is 0 Å². The number of hydrogen-bond acceptors (Lipinski definition) is 4. The van der Waals surface area contributed by atoms with Crippen LogP contribution in [0.2, 0.25) is 0 Å². The quantitative estimate of drug-likeness (QED) is 0.935. The maximum atomic E-state index is 12.2. The van der Waals surface area contributed by atoms with Gasteiger partial charge >= 0.3 is 0 Å². The van der Waals surface area contributed by atoms with E-state index in [0.717, 1.165) is 16.4 Å². The first-order chi connectivity index (χ1) is 8.97. The van der Waals surface area contributed by atoms with Gasteiger partial charge in [-0.3, -0.25) is 9.89 Å². The first kappa shape index (κ1) is 13.7. The SMILES string of the molecule is Cc1nc(CN(C)C(=O)c2cc(C(C)C)[nH]n2)cs1. The number of nitrogens with one attached hydrogen (secondary N) is 1. The van der Waals surface area contributed by atoms with Crippen molar-refractivity contribution in [3.8, 4) is 0 Å². The predicted octanol–water partition coefficient (Wildman–Crippen LogP) is 2.57. The molecule has 0 spiro atoms. The third kappa shape index (κ3) is 3.20. The molecule has 1 N–H and O–H groups in total. The van der Waals surface area contributed by atoms with Crippen LogP contribution in [0.15, 0.2) is 11.4 Å². The minimum Gasteiger partial charge on any atom is -0.334 e. The minimum atomic E-state index is -0.0891. The molecule has 0 aliphatic rings. The number of thiazole rings is 1. The van der Waals surface area contributed by atoms with Gasteiger partial charge in [-0.2, -0.15) is 5.10 Å². The zero-order valence-electron chi connectivity index (χ0n) is 11.6. The van der Waals surface area contributed by atoms with Crippen LogP contribution in [-0.2, 0) is 6.54 Å². The normalized spacial score (nSPS) is 11.0. The topological polar surface area (TPSA) is 61.9 Å². The van der Waals surface area contributed by atoms with Gasteiger partial charge in [0.25, 0.3) is 5.91 Å². The standard InChI is InChI=1S/C13H18N4OS/c1-8(2)11-5-12(16-15-11)13(18)17(4)6-10-7-19-9(3)14-10/h5,7-8H,6H2,1-4H3,(H,15,16). The highest BCUT2D eigenvalue weighted by Gasteiger charge is 2.17. The van der Waals surface area contributed by atoms with Gasteiger partial charge in [-0.15, -0.1) is 11.3 Å². The van der Waals surface area contributed by atoms with Gasteiger partial charge in [0, 0.05) is 18.1 Å². The van der Waals surface area contributed by atoms with Gasteiger partial charge in [-0.1, -0.05) is 13.8 Å². The molecule has 2 rings (SSSR count). The highest BCUT2D eigenvalue weighted by Crippen LogP contribution is 2.14. The Morgan fingerprint density at radius 2 is 2.26 bits per heavy atom. The van der Waals surface area contributed by atoms with E-state index in [1.54, 1.807) is 23.3 Å². The lowest BCUT2D eigenvalue weighted by molar-refractivity contribution is 0.0777. The molecule has 2 aromatic heterocycles. The van der Waals surface area contributed by atoms with Crippen molar-refractivity contribution in [2.24, 2.45) is 0 Å². The van der Waals surface area contributed by atoms with E-state index in [0.29, 0.717) is 18.2 Å². The zero-order valence-corrected chi connectivity index (χ0v) is 12.4. The Morgan fingerprint density at radius 1 is 1.53 bits per heavy atom. The molecular formula is C13H18N4OS. The van der Waals surface area contributed by atoms with E-state index >= 15 is 0 Å². The average molecular weight is 278 g/mol. The van der Waals surface area contributed by atoms with E-state index in [2.05, 4.69) is 29.0 Å². The Bertz CT molecular complexity index is 573. The lowest BCUT2D eigenvalue weighted by Gasteiger charge is -2.13. The molecule has 2 aromatic rings. The molecular weight excluding hydrogens is 260 g/mol. The van der Waals surface area contributed by atoms with E-state index in [1.807, 2.05) is 18.4 Å². The first-order valence-electron chi connectivity index (χ1n) is 6.19. The van der Waals surface area contributed by atoms with Crippen molar-refractivity contribution < 1.29 is 4.79 Å². The third-order valence-electron chi connectivity index (χ3n) is 2.85. The van der Waals surface area contributed by atoms with Gasteiger partial charge in [-0.05, 0) is 18.9 Å². The summed E-state index contributed by atoms with van der Waals surface area (Å²) in [6.45, 7) is 6.58. The Balaban J connectivity index is 2.05. The largest absolute Gasteiger partial charge is 0.334 e. The summed E-state index contributed by atoms with van der Waals surface area (Å²) in [5.74, 6) is 0.245. The smallest absolute Gasteiger partial charge is 0.274 e. The molecule has 0 bridgehead atoms. The summed E-state index contributed by atoms with van der Waals surface area (Å²) in [4.78, 5) is 18.2. The lowest BCUT2D eigenvalue weighted by Crippen LogP contribution is -2.26. The zero-order chi connectivity index (χ0) is 14.0. The van der Waals surface area contributed by atoms with Crippen molar-refractivity contribution in [3.05, 3.63) is 33.5 Å². The molecule has 0 saturated heterocycles. The summed E-state index contributed by atoms with van der Waals surface area (Å²) >= 11 is 1.59. The fourth-order valence-electron chi connectivity index (χ4n) is 1.73. The second-order valence-corrected chi connectivity index (χ2v) is 5.94. The summed E-state index contributed by atoms with van der Waals surface area (Å²) in [6, 6.07) is 1.82. The monoisotopic (exact) mass is 278 g/mol. The van der Waals surface area contributed by atoms with Gasteiger partial charge in [0.1, 0.15) is 5.69 Å². The molecule has 1 amide bonds. The summed E-state index contributed by atoms with van der Waals surface area (Å²) in [7, 11) is 1.76. The molecule has 0 unspecified atom stereocenters. The minimum absolute atomic E-state index is 0.0891. The molecule has 5 nitrogen and oxygen atoms in total. The van der Waals surface area contributed by atoms with Crippen molar-refractivity contribution in [3.63, 3.8) is 0 Å². The number of aromatic nitrogens is 3. The molecule has 6 heteroatoms. The van der Waals surface area contributed by atoms with Crippen LogP contribution in [0.25, 0.3) is 0 Å². The number of H-pyrrole nitrogens is 1. The number of aryl methyl sites for hydroxylation is 1. The summed E-state index contributed by atoms with van der Waals surface area (Å²) < 4.78 is 0. The molecule has 0 atom stereocenters. The van der Waals surface area contributed by atoms with Crippen LogP contribution in [0.1, 0.15) is 46.6 Å². The third-order valence-corrected chi connectivity index (χ3v) is 3.67. The van der Waals surface area contributed by atoms with Crippen LogP contribution in [0.5, 0.6) is 0 Å². The van der Waals surface area contributed by atoms with Crippen LogP contribution >= 0.6 is 11.3 Å². The molecule has 2 heterocycles. The Kier molecular flexibility index (Phi) is 3.99. The van der Waals surface area contributed by atoms with Crippen molar-refractivity contribution in [1.82, 2.24) is 20.1 Å². The van der Waals surface area contributed by atoms with Gasteiger partial charge < -0.3 is 4.90 Å². The van der Waals surface area contributed by atoms with Gasteiger partial charge in [-0.25, -0.2) is 4.98 Å². The van der Waals surface area contributed by atoms with Crippen molar-refractivity contribution in [2.75, 3.05) is 7.05 Å². The molecule has 0 radical (unpaired) electrons. The number of carbonyl (C=O) groups excluding carboxylic acids is 1. The summed E-state index contributed by atoms with van der Waals surface area (Å²) in [6.07, 6.45) is 0. The highest BCUT2D eigenvalue weighted by molar-refractivity contribution is 7.09. The van der Waals surface area contributed by atoms with Gasteiger partial charge in [0.05, 0.1) is 17.2 Å². The van der Waals surface area contributed by atoms with E-state index in [1.165, 1.54) is 0 Å². The van der Waals surface area contributed by atoms with Crippen LogP contribution in [0.3, 0.4) is 0 Å². The van der Waals surface area contributed by atoms with E-state index in [-0.39, 0.29) is 5.91 Å². The van der Waals surface area contributed by atoms with Crippen LogP contribution < -0.4 is 0 Å². The molecule has 19 heavy (non-hydrogen) atoms. The molecule has 0 fully saturated rings. The van der Waals surface area contributed by atoms with Gasteiger partial charge in [0.2, 0.25) is 0 Å². The van der Waals surface area contributed by atoms with E-state index in [9.17, 15) is 4.79 Å². The second kappa shape index (κ2) is 5.52. The maximum absolute atomic E-state index is 12.2. The molecule has 0 aliphatic carbocycles. The number of aromatic amines is 1. The van der Waals surface area contributed by atoms with E-state index in [4.69, 9.17) is 0 Å². The number of nitrogens with zero attached hydrogens (tertiary/aromatic N) is 3. The number of hydrogen-bond donors (Lipinski definition) is 1. The van der Waals surface area contributed by atoms with E-state index < -0.39 is 0 Å². The van der Waals surface area contributed by atoms with Crippen molar-refractivity contribution in [2.45, 2.75) is 33.2 Å². The molecule has 0 aliphatic heterocycles. The predicted molar refractivity (Wildman–Crippen MR) is 75.3 cm³/mol. The van der Waals surface area contributed by atoms with Crippen molar-refractivity contribution in [1.29, 1.82) is 0 Å². The van der Waals surface area contributed by atoms with Crippen molar-refractivity contribution >= 4 is 17.2 Å². The summed E-state index contributed by atoms with van der Waals surface area (Å²) in [5.41, 5.74) is 2.34. The molecule has 102 valence electrons. The average Bonchev–Trinajstić information content (AvgIpc) is 2.97. The summed E-state index contributed by atoms with van der Waals surface area (Å²) in [5, 5.41) is 9.96. The van der Waals surface area contributed by atoms with Crippen LogP contribution in [0.4, 0.5) is 0 Å². The number of carbonyl (C=O) groups is 1. The van der Waals surface area contributed by atoms with Crippen LogP contribution in [-0.4, -0.2) is 33.0 Å². The first-order valence-corrected chi connectivity index (χ1v) is 7.07.